The first-order valence-electron chi connectivity index (χ1n) is 9.66. The van der Waals surface area contributed by atoms with Crippen LogP contribution in [0.1, 0.15) is 11.1 Å². The Morgan fingerprint density at radius 1 is 0.525 bits per heavy atom. The molecule has 2 aromatic rings. The Bertz CT molecular complexity index is 1210. The third-order valence-electron chi connectivity index (χ3n) is 4.84. The zero-order valence-corrected chi connectivity index (χ0v) is 19.8. The summed E-state index contributed by atoms with van der Waals surface area (Å²) in [5, 5.41) is -0.638. The number of benzene rings is 2. The lowest BCUT2D eigenvalue weighted by atomic mass is 9.97. The fourth-order valence-electron chi connectivity index (χ4n) is 2.68. The first kappa shape index (κ1) is 33.2. The van der Waals surface area contributed by atoms with Crippen LogP contribution in [0.15, 0.2) is 36.4 Å². The molecule has 0 heterocycles. The van der Waals surface area contributed by atoms with Crippen LogP contribution >= 0.6 is 23.2 Å². The van der Waals surface area contributed by atoms with Crippen molar-refractivity contribution in [3.8, 4) is 0 Å². The molecule has 0 saturated carbocycles. The van der Waals surface area contributed by atoms with Gasteiger partial charge in [0.05, 0.1) is 32.5 Å². The van der Waals surface area contributed by atoms with E-state index in [1.165, 1.54) is 0 Å². The van der Waals surface area contributed by atoms with E-state index in [2.05, 4.69) is 0 Å². The second-order valence-electron chi connectivity index (χ2n) is 7.59. The number of carbonyl (C=O) groups excluding carboxylic acids is 2. The van der Waals surface area contributed by atoms with E-state index in [9.17, 15) is 71.1 Å². The van der Waals surface area contributed by atoms with Gasteiger partial charge in [0, 0.05) is 0 Å². The van der Waals surface area contributed by atoms with E-state index in [0.29, 0.717) is 22.8 Å². The number of halogens is 16. The maximum atomic E-state index is 14.2. The Kier molecular flexibility index (Phi) is 8.65. The van der Waals surface area contributed by atoms with Gasteiger partial charge in [-0.2, -0.15) is 61.5 Å². The van der Waals surface area contributed by atoms with Gasteiger partial charge in [-0.25, -0.2) is 0 Å². The van der Waals surface area contributed by atoms with Crippen LogP contribution in [0.3, 0.4) is 0 Å². The molecule has 2 amide bonds. The highest BCUT2D eigenvalue weighted by Crippen LogP contribution is 2.53. The van der Waals surface area contributed by atoms with Gasteiger partial charge in [0.1, 0.15) is 0 Å². The Balaban J connectivity index is 2.42. The summed E-state index contributed by atoms with van der Waals surface area (Å²) in [7, 11) is 0. The quantitative estimate of drug-likeness (QED) is 0.299. The van der Waals surface area contributed by atoms with Gasteiger partial charge < -0.3 is 10.6 Å². The summed E-state index contributed by atoms with van der Waals surface area (Å²) in [5.74, 6) is -35.8. The topological polar surface area (TPSA) is 58.2 Å². The molecule has 20 heteroatoms. The van der Waals surface area contributed by atoms with E-state index >= 15 is 0 Å². The SMILES string of the molecule is O=C(Nc1cc(C(F)(F)F)ccc1Cl)C(F)(F)C(F)(F)C(F)(F)C(F)(F)C(=O)Nc1cc(C(F)(F)F)ccc1Cl. The lowest BCUT2D eigenvalue weighted by Crippen LogP contribution is -2.67. The van der Waals surface area contributed by atoms with Gasteiger partial charge in [0.25, 0.3) is 0 Å². The molecule has 0 spiro atoms. The minimum Gasteiger partial charge on any atom is -0.319 e. The fourth-order valence-corrected chi connectivity index (χ4v) is 3.01. The summed E-state index contributed by atoms with van der Waals surface area (Å²) in [6.07, 6.45) is -10.4. The lowest BCUT2D eigenvalue weighted by molar-refractivity contribution is -0.345. The van der Waals surface area contributed by atoms with Crippen molar-refractivity contribution < 1.29 is 71.1 Å². The second kappa shape index (κ2) is 10.4. The van der Waals surface area contributed by atoms with Gasteiger partial charge in [0.2, 0.25) is 0 Å². The first-order chi connectivity index (χ1) is 17.8. The van der Waals surface area contributed by atoms with Crippen LogP contribution < -0.4 is 10.6 Å². The molecule has 0 bridgehead atoms. The van der Waals surface area contributed by atoms with Gasteiger partial charge in [-0.15, -0.1) is 0 Å². The van der Waals surface area contributed by atoms with Crippen molar-refractivity contribution >= 4 is 46.4 Å². The highest BCUT2D eigenvalue weighted by molar-refractivity contribution is 6.34. The van der Waals surface area contributed by atoms with E-state index in [1.807, 2.05) is 0 Å². The van der Waals surface area contributed by atoms with Crippen molar-refractivity contribution in [3.05, 3.63) is 57.6 Å². The summed E-state index contributed by atoms with van der Waals surface area (Å²) < 4.78 is 190. The molecule has 4 nitrogen and oxygen atoms in total. The highest BCUT2D eigenvalue weighted by Gasteiger charge is 2.84. The van der Waals surface area contributed by atoms with E-state index in [4.69, 9.17) is 23.2 Å². The maximum absolute atomic E-state index is 14.2. The third-order valence-corrected chi connectivity index (χ3v) is 5.50. The minimum atomic E-state index is -7.46. The molecule has 0 radical (unpaired) electrons. The van der Waals surface area contributed by atoms with Crippen LogP contribution in [0.25, 0.3) is 0 Å². The summed E-state index contributed by atoms with van der Waals surface area (Å²) in [6, 6.07) is 0.814. The van der Waals surface area contributed by atoms with Crippen LogP contribution in [0.4, 0.5) is 72.8 Å². The summed E-state index contributed by atoms with van der Waals surface area (Å²) in [4.78, 5) is 23.4. The largest absolute Gasteiger partial charge is 0.416 e. The molecule has 2 rings (SSSR count). The van der Waals surface area contributed by atoms with Crippen molar-refractivity contribution in [1.29, 1.82) is 0 Å². The third kappa shape index (κ3) is 6.01. The average Bonchev–Trinajstić information content (AvgIpc) is 2.79. The number of hydrogen-bond donors (Lipinski definition) is 2. The Morgan fingerprint density at radius 2 is 0.800 bits per heavy atom. The molecule has 0 atom stereocenters. The van der Waals surface area contributed by atoms with Gasteiger partial charge in [-0.05, 0) is 36.4 Å². The van der Waals surface area contributed by atoms with Gasteiger partial charge >= 0.3 is 47.9 Å². The zero-order valence-electron chi connectivity index (χ0n) is 18.3. The standard InChI is InChI=1S/C20H8Cl2F14N2O2/c21-9-3-1-7(17(27,28)29)5-11(9)37-13(39)15(23,24)19(33,34)20(35,36)16(25,26)14(40)38-12-6-8(18(30,31)32)2-4-10(12)22/h1-6H,(H,37,39)(H,38,40). The minimum absolute atomic E-state index is 0.173. The van der Waals surface area contributed by atoms with Crippen molar-refractivity contribution in [2.24, 2.45) is 0 Å². The molecule has 0 unspecified atom stereocenters. The van der Waals surface area contributed by atoms with Gasteiger partial charge in [-0.1, -0.05) is 23.2 Å². The van der Waals surface area contributed by atoms with Crippen LogP contribution in [0.5, 0.6) is 0 Å². The number of anilines is 2. The zero-order chi connectivity index (χ0) is 31.3. The van der Waals surface area contributed by atoms with Gasteiger partial charge in [0.15, 0.2) is 0 Å². The van der Waals surface area contributed by atoms with Crippen LogP contribution in [-0.2, 0) is 21.9 Å². The number of carbonyl (C=O) groups is 2. The Hall–Kier alpha value is -3.02. The molecular formula is C20H8Cl2F14N2O2. The van der Waals surface area contributed by atoms with Crippen molar-refractivity contribution in [2.75, 3.05) is 10.6 Å². The molecular weight excluding hydrogens is 637 g/mol. The Morgan fingerprint density at radius 3 is 1.05 bits per heavy atom. The van der Waals surface area contributed by atoms with Crippen LogP contribution in [0.2, 0.25) is 10.0 Å². The summed E-state index contributed by atoms with van der Waals surface area (Å²) in [6.45, 7) is 0. The molecule has 0 aliphatic rings. The average molecular weight is 645 g/mol. The number of amides is 2. The number of alkyl halides is 14. The van der Waals surface area contributed by atoms with Crippen molar-refractivity contribution in [3.63, 3.8) is 0 Å². The molecule has 2 N–H and O–H groups in total. The maximum Gasteiger partial charge on any atom is 0.416 e. The monoisotopic (exact) mass is 644 g/mol. The van der Waals surface area contributed by atoms with Crippen molar-refractivity contribution in [1.82, 2.24) is 0 Å². The molecule has 40 heavy (non-hydrogen) atoms. The molecule has 222 valence electrons. The predicted octanol–water partition coefficient (Wildman–Crippen LogP) is 8.15. The molecule has 0 aromatic heterocycles. The molecule has 0 aliphatic carbocycles. The van der Waals surface area contributed by atoms with E-state index < -0.39 is 80.4 Å². The molecule has 0 aliphatic heterocycles. The Labute approximate surface area is 222 Å². The molecule has 0 saturated heterocycles. The van der Waals surface area contributed by atoms with E-state index in [-0.39, 0.29) is 24.3 Å². The predicted molar refractivity (Wildman–Crippen MR) is 110 cm³/mol. The lowest BCUT2D eigenvalue weighted by Gasteiger charge is -2.35. The van der Waals surface area contributed by atoms with Crippen LogP contribution in [-0.4, -0.2) is 35.5 Å². The molecule has 0 fully saturated rings. The molecule has 2 aromatic carbocycles. The summed E-state index contributed by atoms with van der Waals surface area (Å²) >= 11 is 10.7. The highest BCUT2D eigenvalue weighted by atomic mass is 35.5. The second-order valence-corrected chi connectivity index (χ2v) is 8.40. The summed E-state index contributed by atoms with van der Waals surface area (Å²) in [5.41, 5.74) is -6.32. The van der Waals surface area contributed by atoms with Crippen molar-refractivity contribution in [2.45, 2.75) is 36.0 Å². The first-order valence-corrected chi connectivity index (χ1v) is 10.4. The van der Waals surface area contributed by atoms with E-state index in [1.54, 1.807) is 0 Å². The van der Waals surface area contributed by atoms with Gasteiger partial charge in [-0.3, -0.25) is 9.59 Å². The van der Waals surface area contributed by atoms with E-state index in [0.717, 1.165) is 0 Å². The normalized spacial score (nSPS) is 13.7. The smallest absolute Gasteiger partial charge is 0.319 e. The van der Waals surface area contributed by atoms with Crippen LogP contribution in [0, 0.1) is 0 Å². The number of nitrogens with one attached hydrogen (secondary N) is 2. The number of rotatable bonds is 7. The fraction of sp³-hybridized carbons (Fsp3) is 0.300. The number of hydrogen-bond acceptors (Lipinski definition) is 2.